The van der Waals surface area contributed by atoms with Gasteiger partial charge >= 0.3 is 0 Å². The Bertz CT molecular complexity index is 374. The van der Waals surface area contributed by atoms with Gasteiger partial charge in [-0.05, 0) is 25.3 Å². The molecule has 2 rings (SSSR count). The third-order valence-electron chi connectivity index (χ3n) is 3.17. The number of likely N-dealkylation sites (tertiary alicyclic amines) is 1. The van der Waals surface area contributed by atoms with E-state index in [-0.39, 0.29) is 0 Å². The van der Waals surface area contributed by atoms with Crippen LogP contribution >= 0.6 is 0 Å². The van der Waals surface area contributed by atoms with E-state index in [0.717, 1.165) is 19.4 Å². The second kappa shape index (κ2) is 5.40. The monoisotopic (exact) mass is 236 g/mol. The van der Waals surface area contributed by atoms with Gasteiger partial charge in [0.1, 0.15) is 5.69 Å². The summed E-state index contributed by atoms with van der Waals surface area (Å²) in [7, 11) is 0. The zero-order valence-electron chi connectivity index (χ0n) is 10.5. The van der Waals surface area contributed by atoms with Gasteiger partial charge in [0.2, 0.25) is 0 Å². The molecule has 1 saturated heterocycles. The van der Waals surface area contributed by atoms with Crippen molar-refractivity contribution in [2.75, 3.05) is 13.1 Å². The number of aromatic nitrogens is 3. The summed E-state index contributed by atoms with van der Waals surface area (Å²) in [5.74, 6) is 0.692. The first-order valence-electron chi connectivity index (χ1n) is 6.28. The van der Waals surface area contributed by atoms with Crippen LogP contribution in [0.25, 0.3) is 0 Å². The van der Waals surface area contributed by atoms with Crippen molar-refractivity contribution < 1.29 is 4.79 Å². The Morgan fingerprint density at radius 1 is 1.59 bits per heavy atom. The molecule has 0 aromatic carbocycles. The standard InChI is InChI=1S/C12H20N4O/c1-10(2)6-15-5-3-4-12(15)8-16-7-11(9-17)13-14-16/h7,9-10,12H,3-6,8H2,1-2H3/t12-/m1/s1. The van der Waals surface area contributed by atoms with Crippen molar-refractivity contribution in [1.82, 2.24) is 19.9 Å². The Labute approximate surface area is 102 Å². The van der Waals surface area contributed by atoms with E-state index in [1.807, 2.05) is 0 Å². The maximum absolute atomic E-state index is 10.5. The zero-order chi connectivity index (χ0) is 12.3. The van der Waals surface area contributed by atoms with E-state index in [2.05, 4.69) is 29.1 Å². The van der Waals surface area contributed by atoms with Crippen molar-refractivity contribution in [1.29, 1.82) is 0 Å². The summed E-state index contributed by atoms with van der Waals surface area (Å²) in [6.07, 6.45) is 4.93. The molecule has 5 nitrogen and oxygen atoms in total. The number of rotatable bonds is 5. The molecule has 0 N–H and O–H groups in total. The Hall–Kier alpha value is -1.23. The highest BCUT2D eigenvalue weighted by Gasteiger charge is 2.25. The van der Waals surface area contributed by atoms with E-state index in [1.165, 1.54) is 19.4 Å². The van der Waals surface area contributed by atoms with Gasteiger partial charge in [0.15, 0.2) is 6.29 Å². The van der Waals surface area contributed by atoms with E-state index >= 15 is 0 Å². The molecule has 1 atom stereocenters. The van der Waals surface area contributed by atoms with Crippen LogP contribution in [0.2, 0.25) is 0 Å². The van der Waals surface area contributed by atoms with Crippen LogP contribution in [0.15, 0.2) is 6.20 Å². The minimum Gasteiger partial charge on any atom is -0.298 e. The SMILES string of the molecule is CC(C)CN1CCC[C@@H]1Cn1cc(C=O)nn1. The average Bonchev–Trinajstić information content (AvgIpc) is 2.89. The predicted octanol–water partition coefficient (Wildman–Crippen LogP) is 1.21. The van der Waals surface area contributed by atoms with E-state index in [9.17, 15) is 4.79 Å². The summed E-state index contributed by atoms with van der Waals surface area (Å²) in [4.78, 5) is 13.1. The van der Waals surface area contributed by atoms with E-state index in [4.69, 9.17) is 0 Å². The van der Waals surface area contributed by atoms with Crippen LogP contribution in [-0.2, 0) is 6.54 Å². The third-order valence-corrected chi connectivity index (χ3v) is 3.17. The number of hydrogen-bond acceptors (Lipinski definition) is 4. The summed E-state index contributed by atoms with van der Waals surface area (Å²) in [5, 5.41) is 7.76. The van der Waals surface area contributed by atoms with Gasteiger partial charge in [0.25, 0.3) is 0 Å². The molecule has 1 aliphatic heterocycles. The highest BCUT2D eigenvalue weighted by Crippen LogP contribution is 2.19. The largest absolute Gasteiger partial charge is 0.298 e. The molecule has 0 unspecified atom stereocenters. The van der Waals surface area contributed by atoms with Crippen LogP contribution in [0.3, 0.4) is 0 Å². The summed E-state index contributed by atoms with van der Waals surface area (Å²) in [6, 6.07) is 0.540. The van der Waals surface area contributed by atoms with Gasteiger partial charge in [0, 0.05) is 12.6 Å². The molecule has 2 heterocycles. The Balaban J connectivity index is 1.95. The van der Waals surface area contributed by atoms with Crippen LogP contribution in [0, 0.1) is 5.92 Å². The Morgan fingerprint density at radius 3 is 3.06 bits per heavy atom. The van der Waals surface area contributed by atoms with E-state index in [1.54, 1.807) is 10.9 Å². The molecule has 0 radical (unpaired) electrons. The lowest BCUT2D eigenvalue weighted by atomic mass is 10.1. The first-order chi connectivity index (χ1) is 8.19. The highest BCUT2D eigenvalue weighted by molar-refractivity contribution is 5.70. The molecule has 0 amide bonds. The summed E-state index contributed by atoms with van der Waals surface area (Å²) >= 11 is 0. The van der Waals surface area contributed by atoms with Gasteiger partial charge < -0.3 is 0 Å². The van der Waals surface area contributed by atoms with Crippen LogP contribution in [0.5, 0.6) is 0 Å². The molecule has 1 fully saturated rings. The molecular weight excluding hydrogens is 216 g/mol. The molecular formula is C12H20N4O. The molecule has 1 aromatic heterocycles. The van der Waals surface area contributed by atoms with Crippen molar-refractivity contribution in [3.05, 3.63) is 11.9 Å². The average molecular weight is 236 g/mol. The molecule has 0 aliphatic carbocycles. The minimum atomic E-state index is 0.415. The van der Waals surface area contributed by atoms with Crippen LogP contribution in [-0.4, -0.2) is 45.3 Å². The fourth-order valence-electron chi connectivity index (χ4n) is 2.48. The van der Waals surface area contributed by atoms with Crippen molar-refractivity contribution in [2.45, 2.75) is 39.3 Å². The molecule has 1 aromatic rings. The quantitative estimate of drug-likeness (QED) is 0.721. The van der Waals surface area contributed by atoms with Gasteiger partial charge in [-0.1, -0.05) is 19.1 Å². The summed E-state index contributed by atoms with van der Waals surface area (Å²) in [6.45, 7) is 7.65. The number of aldehydes is 1. The first kappa shape index (κ1) is 12.2. The van der Waals surface area contributed by atoms with Crippen LogP contribution in [0.1, 0.15) is 37.2 Å². The maximum Gasteiger partial charge on any atom is 0.171 e. The Morgan fingerprint density at radius 2 is 2.41 bits per heavy atom. The zero-order valence-corrected chi connectivity index (χ0v) is 10.5. The smallest absolute Gasteiger partial charge is 0.171 e. The molecule has 17 heavy (non-hydrogen) atoms. The highest BCUT2D eigenvalue weighted by atomic mass is 16.1. The summed E-state index contributed by atoms with van der Waals surface area (Å²) in [5.41, 5.74) is 0.415. The normalized spacial score (nSPS) is 21.2. The van der Waals surface area contributed by atoms with Gasteiger partial charge in [-0.2, -0.15) is 0 Å². The summed E-state index contributed by atoms with van der Waals surface area (Å²) < 4.78 is 1.78. The third kappa shape index (κ3) is 3.12. The minimum absolute atomic E-state index is 0.415. The lowest BCUT2D eigenvalue weighted by Crippen LogP contribution is -2.35. The molecule has 5 heteroatoms. The van der Waals surface area contributed by atoms with Crippen molar-refractivity contribution in [3.8, 4) is 0 Å². The molecule has 0 saturated carbocycles. The van der Waals surface area contributed by atoms with Crippen molar-refractivity contribution >= 4 is 6.29 Å². The van der Waals surface area contributed by atoms with Crippen molar-refractivity contribution in [2.24, 2.45) is 5.92 Å². The number of carbonyl (C=O) groups excluding carboxylic acids is 1. The van der Waals surface area contributed by atoms with Crippen molar-refractivity contribution in [3.63, 3.8) is 0 Å². The first-order valence-corrected chi connectivity index (χ1v) is 6.28. The molecule has 0 bridgehead atoms. The number of hydrogen-bond donors (Lipinski definition) is 0. The van der Waals surface area contributed by atoms with E-state index in [0.29, 0.717) is 17.7 Å². The van der Waals surface area contributed by atoms with Crippen LogP contribution in [0.4, 0.5) is 0 Å². The van der Waals surface area contributed by atoms with E-state index < -0.39 is 0 Å². The fourth-order valence-corrected chi connectivity index (χ4v) is 2.48. The maximum atomic E-state index is 10.5. The van der Waals surface area contributed by atoms with Gasteiger partial charge in [-0.15, -0.1) is 5.10 Å². The number of nitrogens with zero attached hydrogens (tertiary/aromatic N) is 4. The molecule has 0 spiro atoms. The molecule has 94 valence electrons. The Kier molecular flexibility index (Phi) is 3.89. The van der Waals surface area contributed by atoms with Crippen LogP contribution < -0.4 is 0 Å². The lowest BCUT2D eigenvalue weighted by molar-refractivity contribution is 0.111. The second-order valence-corrected chi connectivity index (χ2v) is 5.17. The van der Waals surface area contributed by atoms with Gasteiger partial charge in [-0.3, -0.25) is 14.4 Å². The van der Waals surface area contributed by atoms with Gasteiger partial charge in [0.05, 0.1) is 12.7 Å². The molecule has 1 aliphatic rings. The number of carbonyl (C=O) groups is 1. The topological polar surface area (TPSA) is 51.0 Å². The second-order valence-electron chi connectivity index (χ2n) is 5.17. The lowest BCUT2D eigenvalue weighted by Gasteiger charge is -2.25. The van der Waals surface area contributed by atoms with Gasteiger partial charge in [-0.25, -0.2) is 0 Å². The fraction of sp³-hybridized carbons (Fsp3) is 0.750. The predicted molar refractivity (Wildman–Crippen MR) is 64.8 cm³/mol.